The van der Waals surface area contributed by atoms with Gasteiger partial charge in [0.1, 0.15) is 0 Å². The van der Waals surface area contributed by atoms with Crippen LogP contribution in [-0.4, -0.2) is 35.7 Å². The summed E-state index contributed by atoms with van der Waals surface area (Å²) in [5.74, 6) is 1.13. The third kappa shape index (κ3) is 2.88. The van der Waals surface area contributed by atoms with Gasteiger partial charge in [0.05, 0.1) is 12.6 Å². The molecule has 0 saturated carbocycles. The van der Waals surface area contributed by atoms with Gasteiger partial charge in [0.15, 0.2) is 5.17 Å². The standard InChI is InChI=1S/C11H20N2OS/c1-3-11(2)8-15-10(13-11)12-7-9-5-4-6-14-9/h9H,3-8H2,1-2H3,(H,12,13). The number of ether oxygens (including phenoxy) is 1. The SMILES string of the molecule is CCC1(C)CSC(=NCC2CCCO2)N1. The molecule has 4 heteroatoms. The summed E-state index contributed by atoms with van der Waals surface area (Å²) in [5.41, 5.74) is 0.250. The van der Waals surface area contributed by atoms with Crippen molar-refractivity contribution in [2.45, 2.75) is 44.8 Å². The van der Waals surface area contributed by atoms with Gasteiger partial charge in [0, 0.05) is 17.9 Å². The number of amidine groups is 1. The predicted octanol–water partition coefficient (Wildman–Crippen LogP) is 2.03. The second-order valence-corrected chi connectivity index (χ2v) is 5.57. The average Bonchev–Trinajstić information content (AvgIpc) is 2.85. The minimum atomic E-state index is 0.250. The summed E-state index contributed by atoms with van der Waals surface area (Å²) in [6.07, 6.45) is 3.89. The van der Waals surface area contributed by atoms with Crippen molar-refractivity contribution >= 4 is 16.9 Å². The normalized spacial score (nSPS) is 38.5. The molecular weight excluding hydrogens is 208 g/mol. The lowest BCUT2D eigenvalue weighted by Crippen LogP contribution is -2.39. The molecule has 0 bridgehead atoms. The van der Waals surface area contributed by atoms with E-state index in [1.807, 2.05) is 11.8 Å². The second kappa shape index (κ2) is 4.74. The minimum absolute atomic E-state index is 0.250. The lowest BCUT2D eigenvalue weighted by atomic mass is 10.0. The highest BCUT2D eigenvalue weighted by atomic mass is 32.2. The highest BCUT2D eigenvalue weighted by Crippen LogP contribution is 2.25. The van der Waals surface area contributed by atoms with Crippen molar-refractivity contribution in [2.24, 2.45) is 4.99 Å². The Morgan fingerprint density at radius 2 is 2.53 bits per heavy atom. The summed E-state index contributed by atoms with van der Waals surface area (Å²) in [6.45, 7) is 6.23. The maximum absolute atomic E-state index is 5.55. The number of nitrogens with zero attached hydrogens (tertiary/aromatic N) is 1. The predicted molar refractivity (Wildman–Crippen MR) is 65.6 cm³/mol. The third-order valence-electron chi connectivity index (χ3n) is 3.18. The number of nitrogens with one attached hydrogen (secondary N) is 1. The maximum atomic E-state index is 5.55. The largest absolute Gasteiger partial charge is 0.376 e. The van der Waals surface area contributed by atoms with Crippen LogP contribution in [0.1, 0.15) is 33.1 Å². The summed E-state index contributed by atoms with van der Waals surface area (Å²) < 4.78 is 5.55. The molecule has 0 radical (unpaired) electrons. The molecule has 0 aromatic heterocycles. The molecule has 2 unspecified atom stereocenters. The van der Waals surface area contributed by atoms with E-state index in [2.05, 4.69) is 24.2 Å². The first-order chi connectivity index (χ1) is 7.22. The molecule has 0 spiro atoms. The van der Waals surface area contributed by atoms with Gasteiger partial charge in [0.25, 0.3) is 0 Å². The van der Waals surface area contributed by atoms with Gasteiger partial charge in [-0.05, 0) is 26.2 Å². The number of hydrogen-bond donors (Lipinski definition) is 1. The lowest BCUT2D eigenvalue weighted by molar-refractivity contribution is 0.118. The summed E-state index contributed by atoms with van der Waals surface area (Å²) in [6, 6.07) is 0. The Balaban J connectivity index is 1.82. The fraction of sp³-hybridized carbons (Fsp3) is 0.909. The van der Waals surface area contributed by atoms with Crippen LogP contribution in [0.3, 0.4) is 0 Å². The van der Waals surface area contributed by atoms with Gasteiger partial charge < -0.3 is 10.1 Å². The van der Waals surface area contributed by atoms with Crippen molar-refractivity contribution in [3.05, 3.63) is 0 Å². The zero-order chi connectivity index (χ0) is 10.7. The zero-order valence-electron chi connectivity index (χ0n) is 9.58. The first kappa shape index (κ1) is 11.3. The van der Waals surface area contributed by atoms with Gasteiger partial charge in [0.2, 0.25) is 0 Å². The van der Waals surface area contributed by atoms with Crippen LogP contribution in [0.5, 0.6) is 0 Å². The van der Waals surface area contributed by atoms with Crippen molar-refractivity contribution < 1.29 is 4.74 Å². The Morgan fingerprint density at radius 3 is 3.13 bits per heavy atom. The monoisotopic (exact) mass is 228 g/mol. The molecule has 15 heavy (non-hydrogen) atoms. The van der Waals surface area contributed by atoms with Crippen LogP contribution in [0, 0.1) is 0 Å². The molecule has 0 aromatic carbocycles. The average molecular weight is 228 g/mol. The van der Waals surface area contributed by atoms with Crippen molar-refractivity contribution in [3.8, 4) is 0 Å². The minimum Gasteiger partial charge on any atom is -0.376 e. The zero-order valence-corrected chi connectivity index (χ0v) is 10.4. The quantitative estimate of drug-likeness (QED) is 0.802. The first-order valence-electron chi connectivity index (χ1n) is 5.79. The lowest BCUT2D eigenvalue weighted by Gasteiger charge is -2.20. The van der Waals surface area contributed by atoms with E-state index < -0.39 is 0 Å². The van der Waals surface area contributed by atoms with Gasteiger partial charge in [-0.2, -0.15) is 0 Å². The molecule has 2 aliphatic heterocycles. The Bertz CT molecular complexity index is 251. The van der Waals surface area contributed by atoms with Gasteiger partial charge in [-0.25, -0.2) is 0 Å². The summed E-state index contributed by atoms with van der Waals surface area (Å²) in [4.78, 5) is 4.59. The summed E-state index contributed by atoms with van der Waals surface area (Å²) in [5, 5.41) is 4.60. The van der Waals surface area contributed by atoms with Crippen LogP contribution in [0.15, 0.2) is 4.99 Å². The topological polar surface area (TPSA) is 33.6 Å². The molecule has 1 N–H and O–H groups in total. The van der Waals surface area contributed by atoms with Crippen LogP contribution >= 0.6 is 11.8 Å². The Morgan fingerprint density at radius 1 is 1.67 bits per heavy atom. The van der Waals surface area contributed by atoms with Crippen LogP contribution in [0.2, 0.25) is 0 Å². The molecule has 0 aromatic rings. The Hall–Kier alpha value is -0.220. The number of rotatable bonds is 3. The third-order valence-corrected chi connectivity index (χ3v) is 4.47. The molecule has 2 rings (SSSR count). The van der Waals surface area contributed by atoms with Crippen molar-refractivity contribution in [1.29, 1.82) is 0 Å². The molecule has 2 heterocycles. The van der Waals surface area contributed by atoms with Crippen LogP contribution in [0.25, 0.3) is 0 Å². The molecular formula is C11H20N2OS. The van der Waals surface area contributed by atoms with Crippen molar-refractivity contribution in [1.82, 2.24) is 5.32 Å². The van der Waals surface area contributed by atoms with E-state index in [0.29, 0.717) is 6.10 Å². The Labute approximate surface area is 96.1 Å². The highest BCUT2D eigenvalue weighted by molar-refractivity contribution is 8.14. The molecule has 2 fully saturated rings. The molecule has 0 amide bonds. The van der Waals surface area contributed by atoms with E-state index in [4.69, 9.17) is 4.74 Å². The molecule has 2 atom stereocenters. The molecule has 86 valence electrons. The van der Waals surface area contributed by atoms with E-state index >= 15 is 0 Å². The van der Waals surface area contributed by atoms with E-state index in [1.54, 1.807) is 0 Å². The van der Waals surface area contributed by atoms with Crippen LogP contribution in [0.4, 0.5) is 0 Å². The molecule has 3 nitrogen and oxygen atoms in total. The molecule has 0 aliphatic carbocycles. The van der Waals surface area contributed by atoms with E-state index in [9.17, 15) is 0 Å². The number of thioether (sulfide) groups is 1. The smallest absolute Gasteiger partial charge is 0.157 e. The van der Waals surface area contributed by atoms with Crippen molar-refractivity contribution in [3.63, 3.8) is 0 Å². The molecule has 2 saturated heterocycles. The fourth-order valence-electron chi connectivity index (χ4n) is 1.81. The summed E-state index contributed by atoms with van der Waals surface area (Å²) >= 11 is 1.84. The summed E-state index contributed by atoms with van der Waals surface area (Å²) in [7, 11) is 0. The van der Waals surface area contributed by atoms with Crippen molar-refractivity contribution in [2.75, 3.05) is 18.9 Å². The van der Waals surface area contributed by atoms with Gasteiger partial charge in [-0.3, -0.25) is 4.99 Å². The maximum Gasteiger partial charge on any atom is 0.157 e. The fourth-order valence-corrected chi connectivity index (χ4v) is 3.02. The van der Waals surface area contributed by atoms with Crippen LogP contribution < -0.4 is 5.32 Å². The van der Waals surface area contributed by atoms with Gasteiger partial charge in [-0.15, -0.1) is 0 Å². The Kier molecular flexibility index (Phi) is 3.57. The van der Waals surface area contributed by atoms with Gasteiger partial charge >= 0.3 is 0 Å². The van der Waals surface area contributed by atoms with E-state index in [0.717, 1.165) is 30.5 Å². The van der Waals surface area contributed by atoms with E-state index in [-0.39, 0.29) is 5.54 Å². The molecule has 2 aliphatic rings. The van der Waals surface area contributed by atoms with E-state index in [1.165, 1.54) is 12.8 Å². The number of aliphatic imine (C=N–C) groups is 1. The van der Waals surface area contributed by atoms with Crippen LogP contribution in [-0.2, 0) is 4.74 Å². The highest BCUT2D eigenvalue weighted by Gasteiger charge is 2.30. The van der Waals surface area contributed by atoms with Gasteiger partial charge in [-0.1, -0.05) is 18.7 Å². The first-order valence-corrected chi connectivity index (χ1v) is 6.77. The second-order valence-electron chi connectivity index (χ2n) is 4.61. The number of hydrogen-bond acceptors (Lipinski definition) is 3.